The smallest absolute Gasteiger partial charge is 0.185 e. The van der Waals surface area contributed by atoms with Crippen molar-refractivity contribution < 1.29 is 4.79 Å². The number of carbonyl (C=O) groups excluding carboxylic acids is 1. The number of Topliss-reactive ketones (excluding diaryl/α,β-unsaturated/α-hetero) is 1. The van der Waals surface area contributed by atoms with Gasteiger partial charge < -0.3 is 0 Å². The maximum atomic E-state index is 11.1. The Morgan fingerprint density at radius 3 is 3.09 bits per heavy atom. The third-order valence-electron chi connectivity index (χ3n) is 1.20. The van der Waals surface area contributed by atoms with Crippen LogP contribution in [0.25, 0.3) is 0 Å². The van der Waals surface area contributed by atoms with Crippen molar-refractivity contribution in [1.82, 2.24) is 9.97 Å². The summed E-state index contributed by atoms with van der Waals surface area (Å²) in [6.45, 7) is 3.46. The van der Waals surface area contributed by atoms with E-state index < -0.39 is 0 Å². The third-order valence-corrected chi connectivity index (χ3v) is 1.20. The standard InChI is InChI=1S/C8H8N2O/c1-2-3-8(11)7-4-5-9-6-10-7/h2,4-6H,1,3H2. The molecule has 0 aromatic carbocycles. The molecule has 0 amide bonds. The summed E-state index contributed by atoms with van der Waals surface area (Å²) >= 11 is 0. The van der Waals surface area contributed by atoms with E-state index in [4.69, 9.17) is 0 Å². The van der Waals surface area contributed by atoms with Crippen LogP contribution < -0.4 is 0 Å². The van der Waals surface area contributed by atoms with E-state index in [0.717, 1.165) is 0 Å². The van der Waals surface area contributed by atoms with Gasteiger partial charge in [0.1, 0.15) is 12.0 Å². The van der Waals surface area contributed by atoms with Gasteiger partial charge in [0.05, 0.1) is 0 Å². The third kappa shape index (κ3) is 1.97. The Morgan fingerprint density at radius 1 is 1.73 bits per heavy atom. The Bertz CT molecular complexity index is 256. The van der Waals surface area contributed by atoms with Crippen molar-refractivity contribution in [1.29, 1.82) is 0 Å². The second-order valence-corrected chi connectivity index (χ2v) is 2.01. The second-order valence-electron chi connectivity index (χ2n) is 2.01. The van der Waals surface area contributed by atoms with Gasteiger partial charge >= 0.3 is 0 Å². The number of nitrogens with zero attached hydrogens (tertiary/aromatic N) is 2. The first-order valence-electron chi connectivity index (χ1n) is 3.24. The molecule has 0 fully saturated rings. The SMILES string of the molecule is C=CCC(=O)c1ccncn1. The average molecular weight is 148 g/mol. The molecule has 0 spiro atoms. The van der Waals surface area contributed by atoms with Gasteiger partial charge in [0.2, 0.25) is 0 Å². The summed E-state index contributed by atoms with van der Waals surface area (Å²) in [4.78, 5) is 18.6. The van der Waals surface area contributed by atoms with E-state index in [9.17, 15) is 4.79 Å². The van der Waals surface area contributed by atoms with Crippen LogP contribution in [-0.4, -0.2) is 15.8 Å². The molecule has 1 aromatic rings. The molecule has 11 heavy (non-hydrogen) atoms. The van der Waals surface area contributed by atoms with Crippen LogP contribution in [0.2, 0.25) is 0 Å². The molecule has 3 heteroatoms. The highest BCUT2D eigenvalue weighted by molar-refractivity contribution is 5.94. The van der Waals surface area contributed by atoms with Gasteiger partial charge in [0.25, 0.3) is 0 Å². The summed E-state index contributed by atoms with van der Waals surface area (Å²) < 4.78 is 0. The Hall–Kier alpha value is -1.51. The van der Waals surface area contributed by atoms with E-state index in [0.29, 0.717) is 12.1 Å². The predicted molar refractivity (Wildman–Crippen MR) is 41.2 cm³/mol. The zero-order valence-electron chi connectivity index (χ0n) is 6.03. The minimum Gasteiger partial charge on any atom is -0.292 e. The fraction of sp³-hybridized carbons (Fsp3) is 0.125. The maximum absolute atomic E-state index is 11.1. The van der Waals surface area contributed by atoms with Crippen molar-refractivity contribution in [3.05, 3.63) is 36.9 Å². The van der Waals surface area contributed by atoms with Crippen LogP contribution in [0, 0.1) is 0 Å². The van der Waals surface area contributed by atoms with Gasteiger partial charge in [-0.2, -0.15) is 0 Å². The van der Waals surface area contributed by atoms with Crippen molar-refractivity contribution in [2.45, 2.75) is 6.42 Å². The van der Waals surface area contributed by atoms with Crippen molar-refractivity contribution in [2.24, 2.45) is 0 Å². The van der Waals surface area contributed by atoms with Crippen LogP contribution in [0.4, 0.5) is 0 Å². The van der Waals surface area contributed by atoms with Gasteiger partial charge in [-0.25, -0.2) is 9.97 Å². The fourth-order valence-electron chi connectivity index (χ4n) is 0.691. The Kier molecular flexibility index (Phi) is 2.49. The summed E-state index contributed by atoms with van der Waals surface area (Å²) in [7, 11) is 0. The number of ketones is 1. The van der Waals surface area contributed by atoms with Gasteiger partial charge in [0, 0.05) is 12.6 Å². The van der Waals surface area contributed by atoms with E-state index in [1.165, 1.54) is 6.33 Å². The largest absolute Gasteiger partial charge is 0.292 e. The molecule has 3 nitrogen and oxygen atoms in total. The highest BCUT2D eigenvalue weighted by atomic mass is 16.1. The molecule has 0 bridgehead atoms. The van der Waals surface area contributed by atoms with Crippen LogP contribution in [0.5, 0.6) is 0 Å². The van der Waals surface area contributed by atoms with E-state index in [1.54, 1.807) is 18.3 Å². The number of hydrogen-bond donors (Lipinski definition) is 0. The minimum absolute atomic E-state index is 0.0256. The molecule has 0 saturated heterocycles. The van der Waals surface area contributed by atoms with Crippen LogP contribution in [0.3, 0.4) is 0 Å². The minimum atomic E-state index is -0.0256. The first-order valence-corrected chi connectivity index (χ1v) is 3.24. The topological polar surface area (TPSA) is 42.9 Å². The number of carbonyl (C=O) groups is 1. The van der Waals surface area contributed by atoms with Crippen molar-refractivity contribution in [3.8, 4) is 0 Å². The number of hydrogen-bond acceptors (Lipinski definition) is 3. The zero-order chi connectivity index (χ0) is 8.10. The molecular weight excluding hydrogens is 140 g/mol. The molecule has 0 N–H and O–H groups in total. The van der Waals surface area contributed by atoms with Crippen molar-refractivity contribution >= 4 is 5.78 Å². The lowest BCUT2D eigenvalue weighted by molar-refractivity contribution is 0.0991. The van der Waals surface area contributed by atoms with E-state index in [-0.39, 0.29) is 5.78 Å². The van der Waals surface area contributed by atoms with Crippen LogP contribution in [0.1, 0.15) is 16.9 Å². The summed E-state index contributed by atoms with van der Waals surface area (Å²) in [6, 6.07) is 1.59. The lowest BCUT2D eigenvalue weighted by Gasteiger charge is -1.92. The summed E-state index contributed by atoms with van der Waals surface area (Å²) in [6.07, 6.45) is 4.79. The summed E-state index contributed by atoms with van der Waals surface area (Å²) in [5, 5.41) is 0. The predicted octanol–water partition coefficient (Wildman–Crippen LogP) is 1.24. The highest BCUT2D eigenvalue weighted by Gasteiger charge is 2.02. The molecule has 0 aliphatic carbocycles. The van der Waals surface area contributed by atoms with Gasteiger partial charge in [-0.05, 0) is 6.07 Å². The lowest BCUT2D eigenvalue weighted by atomic mass is 10.2. The monoisotopic (exact) mass is 148 g/mol. The molecule has 56 valence electrons. The molecule has 0 aliphatic heterocycles. The second kappa shape index (κ2) is 3.61. The molecule has 0 atom stereocenters. The highest BCUT2D eigenvalue weighted by Crippen LogP contribution is 1.96. The van der Waals surface area contributed by atoms with Crippen molar-refractivity contribution in [2.75, 3.05) is 0 Å². The Balaban J connectivity index is 2.77. The molecule has 1 rings (SSSR count). The van der Waals surface area contributed by atoms with E-state index in [2.05, 4.69) is 16.5 Å². The quantitative estimate of drug-likeness (QED) is 0.478. The first kappa shape index (κ1) is 7.60. The number of rotatable bonds is 3. The molecular formula is C8H8N2O. The maximum Gasteiger partial charge on any atom is 0.185 e. The molecule has 1 aromatic heterocycles. The Labute approximate surface area is 64.8 Å². The molecule has 0 aliphatic rings. The Morgan fingerprint density at radius 2 is 2.55 bits per heavy atom. The fourth-order valence-corrected chi connectivity index (χ4v) is 0.691. The molecule has 1 heterocycles. The van der Waals surface area contributed by atoms with Crippen LogP contribution >= 0.6 is 0 Å². The van der Waals surface area contributed by atoms with Gasteiger partial charge in [-0.3, -0.25) is 4.79 Å². The van der Waals surface area contributed by atoms with Crippen LogP contribution in [0.15, 0.2) is 31.2 Å². The first-order chi connectivity index (χ1) is 5.34. The van der Waals surface area contributed by atoms with Crippen LogP contribution in [-0.2, 0) is 0 Å². The van der Waals surface area contributed by atoms with Gasteiger partial charge in [-0.1, -0.05) is 6.08 Å². The van der Waals surface area contributed by atoms with Crippen molar-refractivity contribution in [3.63, 3.8) is 0 Å². The zero-order valence-corrected chi connectivity index (χ0v) is 6.03. The lowest BCUT2D eigenvalue weighted by Crippen LogP contribution is -1.99. The molecule has 0 saturated carbocycles. The normalized spacial score (nSPS) is 9.09. The van der Waals surface area contributed by atoms with Gasteiger partial charge in [-0.15, -0.1) is 6.58 Å². The number of aromatic nitrogens is 2. The van der Waals surface area contributed by atoms with E-state index >= 15 is 0 Å². The van der Waals surface area contributed by atoms with E-state index in [1.807, 2.05) is 0 Å². The molecule has 0 radical (unpaired) electrons. The molecule has 0 unspecified atom stereocenters. The van der Waals surface area contributed by atoms with Gasteiger partial charge in [0.15, 0.2) is 5.78 Å². The average Bonchev–Trinajstić information content (AvgIpc) is 2.07. The summed E-state index contributed by atoms with van der Waals surface area (Å²) in [5.74, 6) is -0.0256. The summed E-state index contributed by atoms with van der Waals surface area (Å²) in [5.41, 5.74) is 0.444. The number of allylic oxidation sites excluding steroid dienone is 1.